The number of thiophene rings is 1. The van der Waals surface area contributed by atoms with Gasteiger partial charge in [0.25, 0.3) is 5.56 Å². The molecule has 0 atom stereocenters. The van der Waals surface area contributed by atoms with Crippen molar-refractivity contribution >= 4 is 11.3 Å². The smallest absolute Gasteiger partial charge is 0.306 e. The maximum Gasteiger partial charge on any atom is 0.326 e. The van der Waals surface area contributed by atoms with Gasteiger partial charge < -0.3 is 4.98 Å². The Kier molecular flexibility index (Phi) is 2.09. The van der Waals surface area contributed by atoms with Crippen molar-refractivity contribution in [3.05, 3.63) is 43.9 Å². The number of nitrogens with one attached hydrogen (secondary N) is 2. The monoisotopic (exact) mass is 208 g/mol. The van der Waals surface area contributed by atoms with E-state index in [0.29, 0.717) is 11.3 Å². The van der Waals surface area contributed by atoms with Crippen LogP contribution in [-0.4, -0.2) is 9.97 Å². The highest BCUT2D eigenvalue weighted by Gasteiger charge is 2.06. The van der Waals surface area contributed by atoms with Crippen molar-refractivity contribution in [2.45, 2.75) is 6.92 Å². The fourth-order valence-electron chi connectivity index (χ4n) is 1.22. The average molecular weight is 208 g/mol. The van der Waals surface area contributed by atoms with E-state index in [9.17, 15) is 9.59 Å². The van der Waals surface area contributed by atoms with Crippen molar-refractivity contribution in [3.8, 4) is 10.6 Å². The zero-order valence-electron chi connectivity index (χ0n) is 7.46. The standard InChI is InChI=1S/C9H8N2O2S/c1-5-7(6-3-2-4-14-6)10-9(13)11-8(5)12/h2-4H,1H3,(H2,10,11,12,13). The van der Waals surface area contributed by atoms with Gasteiger partial charge in [0.1, 0.15) is 0 Å². The van der Waals surface area contributed by atoms with Crippen LogP contribution < -0.4 is 11.2 Å². The van der Waals surface area contributed by atoms with Crippen molar-refractivity contribution in [2.24, 2.45) is 0 Å². The van der Waals surface area contributed by atoms with Gasteiger partial charge in [-0.3, -0.25) is 9.78 Å². The van der Waals surface area contributed by atoms with E-state index in [1.165, 1.54) is 11.3 Å². The normalized spacial score (nSPS) is 10.4. The summed E-state index contributed by atoms with van der Waals surface area (Å²) < 4.78 is 0. The fraction of sp³-hybridized carbons (Fsp3) is 0.111. The Hall–Kier alpha value is -1.62. The van der Waals surface area contributed by atoms with Crippen LogP contribution in [-0.2, 0) is 0 Å². The zero-order valence-corrected chi connectivity index (χ0v) is 8.27. The first kappa shape index (κ1) is 8.96. The van der Waals surface area contributed by atoms with Crippen LogP contribution in [0.4, 0.5) is 0 Å². The van der Waals surface area contributed by atoms with Gasteiger partial charge in [0.15, 0.2) is 0 Å². The Bertz CT molecular complexity index is 551. The van der Waals surface area contributed by atoms with E-state index in [4.69, 9.17) is 0 Å². The number of H-pyrrole nitrogens is 2. The molecule has 0 amide bonds. The molecule has 2 aromatic heterocycles. The molecule has 2 rings (SSSR count). The van der Waals surface area contributed by atoms with Crippen molar-refractivity contribution in [2.75, 3.05) is 0 Å². The molecule has 72 valence electrons. The number of rotatable bonds is 1. The molecule has 0 aromatic carbocycles. The summed E-state index contributed by atoms with van der Waals surface area (Å²) in [5, 5.41) is 1.90. The third-order valence-corrected chi connectivity index (χ3v) is 2.84. The lowest BCUT2D eigenvalue weighted by Gasteiger charge is -1.99. The van der Waals surface area contributed by atoms with E-state index in [1.54, 1.807) is 6.92 Å². The van der Waals surface area contributed by atoms with Gasteiger partial charge in [-0.2, -0.15) is 0 Å². The van der Waals surface area contributed by atoms with Crippen molar-refractivity contribution in [1.82, 2.24) is 9.97 Å². The molecule has 2 heterocycles. The second-order valence-corrected chi connectivity index (χ2v) is 3.83. The quantitative estimate of drug-likeness (QED) is 0.737. The van der Waals surface area contributed by atoms with Crippen LogP contribution in [0.15, 0.2) is 27.1 Å². The second kappa shape index (κ2) is 3.26. The lowest BCUT2D eigenvalue weighted by atomic mass is 10.2. The summed E-state index contributed by atoms with van der Waals surface area (Å²) in [6.45, 7) is 1.68. The predicted molar refractivity (Wildman–Crippen MR) is 55.7 cm³/mol. The molecule has 5 heteroatoms. The Morgan fingerprint density at radius 2 is 2.07 bits per heavy atom. The maximum absolute atomic E-state index is 11.3. The lowest BCUT2D eigenvalue weighted by Crippen LogP contribution is -2.24. The van der Waals surface area contributed by atoms with Crippen LogP contribution in [0.5, 0.6) is 0 Å². The molecule has 0 aliphatic rings. The first-order valence-electron chi connectivity index (χ1n) is 4.05. The molecule has 0 radical (unpaired) electrons. The van der Waals surface area contributed by atoms with E-state index in [1.807, 2.05) is 17.5 Å². The van der Waals surface area contributed by atoms with Gasteiger partial charge in [-0.05, 0) is 18.4 Å². The minimum Gasteiger partial charge on any atom is -0.306 e. The molecule has 0 saturated heterocycles. The first-order valence-corrected chi connectivity index (χ1v) is 4.93. The molecular formula is C9H8N2O2S. The zero-order chi connectivity index (χ0) is 10.1. The van der Waals surface area contributed by atoms with E-state index in [-0.39, 0.29) is 5.56 Å². The van der Waals surface area contributed by atoms with Crippen LogP contribution in [0.25, 0.3) is 10.6 Å². The van der Waals surface area contributed by atoms with E-state index in [0.717, 1.165) is 4.88 Å². The van der Waals surface area contributed by atoms with Gasteiger partial charge in [0, 0.05) is 5.56 Å². The Morgan fingerprint density at radius 3 is 2.71 bits per heavy atom. The molecule has 0 spiro atoms. The van der Waals surface area contributed by atoms with Crippen LogP contribution in [0, 0.1) is 6.92 Å². The highest BCUT2D eigenvalue weighted by Crippen LogP contribution is 2.22. The molecule has 0 aliphatic carbocycles. The predicted octanol–water partition coefficient (Wildman–Crippen LogP) is 1.10. The number of hydrogen-bond acceptors (Lipinski definition) is 3. The first-order chi connectivity index (χ1) is 6.68. The molecule has 0 unspecified atom stereocenters. The highest BCUT2D eigenvalue weighted by atomic mass is 32.1. The van der Waals surface area contributed by atoms with Gasteiger partial charge in [-0.1, -0.05) is 6.07 Å². The van der Waals surface area contributed by atoms with Gasteiger partial charge in [0.05, 0.1) is 10.6 Å². The fourth-order valence-corrected chi connectivity index (χ4v) is 2.00. The van der Waals surface area contributed by atoms with E-state index >= 15 is 0 Å². The van der Waals surface area contributed by atoms with Crippen LogP contribution in [0.3, 0.4) is 0 Å². The number of hydrogen-bond donors (Lipinski definition) is 2. The second-order valence-electron chi connectivity index (χ2n) is 2.89. The highest BCUT2D eigenvalue weighted by molar-refractivity contribution is 7.13. The maximum atomic E-state index is 11.3. The Balaban J connectivity index is 2.77. The van der Waals surface area contributed by atoms with Crippen LogP contribution in [0.1, 0.15) is 5.56 Å². The minimum absolute atomic E-state index is 0.336. The molecule has 0 aliphatic heterocycles. The largest absolute Gasteiger partial charge is 0.326 e. The molecule has 2 N–H and O–H groups in total. The summed E-state index contributed by atoms with van der Waals surface area (Å²) in [5.74, 6) is 0. The summed E-state index contributed by atoms with van der Waals surface area (Å²) in [6, 6.07) is 3.74. The number of aromatic amines is 2. The van der Waals surface area contributed by atoms with Crippen molar-refractivity contribution in [1.29, 1.82) is 0 Å². The molecule has 14 heavy (non-hydrogen) atoms. The minimum atomic E-state index is -0.469. The summed E-state index contributed by atoms with van der Waals surface area (Å²) in [4.78, 5) is 28.0. The van der Waals surface area contributed by atoms with E-state index < -0.39 is 5.69 Å². The molecule has 0 saturated carbocycles. The Morgan fingerprint density at radius 1 is 1.29 bits per heavy atom. The van der Waals surface area contributed by atoms with Crippen LogP contribution in [0.2, 0.25) is 0 Å². The SMILES string of the molecule is Cc1c(-c2cccs2)[nH]c(=O)[nH]c1=O. The summed E-state index contributed by atoms with van der Waals surface area (Å²) in [6.07, 6.45) is 0. The molecule has 0 bridgehead atoms. The van der Waals surface area contributed by atoms with Gasteiger partial charge in [0.2, 0.25) is 0 Å². The molecular weight excluding hydrogens is 200 g/mol. The molecule has 4 nitrogen and oxygen atoms in total. The van der Waals surface area contributed by atoms with E-state index in [2.05, 4.69) is 9.97 Å². The van der Waals surface area contributed by atoms with Crippen LogP contribution >= 0.6 is 11.3 Å². The lowest BCUT2D eigenvalue weighted by molar-refractivity contribution is 1.02. The summed E-state index contributed by atoms with van der Waals surface area (Å²) >= 11 is 1.48. The average Bonchev–Trinajstić information content (AvgIpc) is 2.63. The van der Waals surface area contributed by atoms with Crippen molar-refractivity contribution < 1.29 is 0 Å². The third kappa shape index (κ3) is 1.42. The molecule has 0 fully saturated rings. The van der Waals surface area contributed by atoms with Gasteiger partial charge in [-0.25, -0.2) is 4.79 Å². The Labute approximate surface area is 83.3 Å². The summed E-state index contributed by atoms with van der Waals surface area (Å²) in [5.41, 5.74) is 0.335. The van der Waals surface area contributed by atoms with Gasteiger partial charge >= 0.3 is 5.69 Å². The topological polar surface area (TPSA) is 65.7 Å². The third-order valence-electron chi connectivity index (χ3n) is 1.95. The van der Waals surface area contributed by atoms with Crippen molar-refractivity contribution in [3.63, 3.8) is 0 Å². The van der Waals surface area contributed by atoms with Gasteiger partial charge in [-0.15, -0.1) is 11.3 Å². The molecule has 2 aromatic rings. The number of aromatic nitrogens is 2. The summed E-state index contributed by atoms with van der Waals surface area (Å²) in [7, 11) is 0.